The molecule has 0 atom stereocenters. The van der Waals surface area contributed by atoms with E-state index in [1.54, 1.807) is 12.1 Å². The zero-order chi connectivity index (χ0) is 16.8. The third-order valence-electron chi connectivity index (χ3n) is 3.56. The fourth-order valence-corrected chi connectivity index (χ4v) is 2.55. The van der Waals surface area contributed by atoms with E-state index in [1.165, 1.54) is 0 Å². The summed E-state index contributed by atoms with van der Waals surface area (Å²) < 4.78 is 0. The fourth-order valence-electron chi connectivity index (χ4n) is 2.37. The number of anilines is 1. The van der Waals surface area contributed by atoms with Crippen LogP contribution >= 0.6 is 11.6 Å². The Balaban J connectivity index is 1.97. The van der Waals surface area contributed by atoms with Gasteiger partial charge in [-0.2, -0.15) is 0 Å². The normalized spacial score (nSPS) is 11.1. The summed E-state index contributed by atoms with van der Waals surface area (Å²) in [5.74, 6) is -0.196. The van der Waals surface area contributed by atoms with Crippen molar-refractivity contribution in [3.8, 4) is 0 Å². The van der Waals surface area contributed by atoms with Crippen LogP contribution in [-0.2, 0) is 4.79 Å². The summed E-state index contributed by atoms with van der Waals surface area (Å²) in [4.78, 5) is 12.8. The molecule has 0 heterocycles. The van der Waals surface area contributed by atoms with E-state index in [4.69, 9.17) is 11.6 Å². The highest BCUT2D eigenvalue weighted by molar-refractivity contribution is 6.35. The van der Waals surface area contributed by atoms with Crippen LogP contribution in [0.3, 0.4) is 0 Å². The van der Waals surface area contributed by atoms with Crippen LogP contribution in [0.15, 0.2) is 84.9 Å². The summed E-state index contributed by atoms with van der Waals surface area (Å²) >= 11 is 6.15. The van der Waals surface area contributed by atoms with Gasteiger partial charge in [-0.05, 0) is 29.3 Å². The average molecular weight is 334 g/mol. The van der Waals surface area contributed by atoms with Crippen molar-refractivity contribution >= 4 is 34.8 Å². The predicted octanol–water partition coefficient (Wildman–Crippen LogP) is 5.52. The minimum absolute atomic E-state index is 0.196. The Morgan fingerprint density at radius 1 is 0.792 bits per heavy atom. The van der Waals surface area contributed by atoms with Gasteiger partial charge in [0.1, 0.15) is 0 Å². The number of hydrogen-bond acceptors (Lipinski definition) is 1. The molecule has 0 saturated carbocycles. The Hall–Kier alpha value is -2.84. The van der Waals surface area contributed by atoms with Gasteiger partial charge in [0.05, 0.1) is 10.7 Å². The molecular weight excluding hydrogens is 318 g/mol. The molecule has 2 nitrogen and oxygen atoms in total. The van der Waals surface area contributed by atoms with Crippen molar-refractivity contribution in [3.05, 3.63) is 101 Å². The number of nitrogens with one attached hydrogen (secondary N) is 1. The Labute approximate surface area is 146 Å². The summed E-state index contributed by atoms with van der Waals surface area (Å²) in [7, 11) is 0. The third kappa shape index (κ3) is 3.92. The van der Waals surface area contributed by atoms with E-state index in [9.17, 15) is 4.79 Å². The second-order valence-corrected chi connectivity index (χ2v) is 5.68. The molecule has 0 radical (unpaired) electrons. The lowest BCUT2D eigenvalue weighted by Gasteiger charge is -2.11. The summed E-state index contributed by atoms with van der Waals surface area (Å²) in [6, 6.07) is 26.6. The van der Waals surface area contributed by atoms with Crippen LogP contribution in [0, 0.1) is 0 Å². The molecule has 0 aliphatic rings. The van der Waals surface area contributed by atoms with Gasteiger partial charge in [0.25, 0.3) is 5.91 Å². The molecule has 24 heavy (non-hydrogen) atoms. The van der Waals surface area contributed by atoms with Crippen molar-refractivity contribution in [2.24, 2.45) is 0 Å². The van der Waals surface area contributed by atoms with Crippen LogP contribution in [0.4, 0.5) is 5.69 Å². The zero-order valence-corrected chi connectivity index (χ0v) is 13.7. The van der Waals surface area contributed by atoms with Gasteiger partial charge in [0.15, 0.2) is 0 Å². The number of halogens is 1. The standard InChI is InChI=1S/C21H16ClNO/c22-19-13-7-8-14-20(19)23-21(24)18(17-11-5-2-6-12-17)15-16-9-3-1-4-10-16/h1-15H,(H,23,24)/b18-15+. The monoisotopic (exact) mass is 333 g/mol. The molecule has 0 fully saturated rings. The van der Waals surface area contributed by atoms with Crippen molar-refractivity contribution in [3.63, 3.8) is 0 Å². The number of carbonyl (C=O) groups is 1. The van der Waals surface area contributed by atoms with E-state index < -0.39 is 0 Å². The topological polar surface area (TPSA) is 29.1 Å². The molecular formula is C21H16ClNO. The summed E-state index contributed by atoms with van der Waals surface area (Å²) in [6.07, 6.45) is 1.88. The molecule has 1 N–H and O–H groups in total. The van der Waals surface area contributed by atoms with Gasteiger partial charge < -0.3 is 5.32 Å². The summed E-state index contributed by atoms with van der Waals surface area (Å²) in [5.41, 5.74) is 3.00. The minimum Gasteiger partial charge on any atom is -0.321 e. The second-order valence-electron chi connectivity index (χ2n) is 5.27. The van der Waals surface area contributed by atoms with Crippen molar-refractivity contribution in [1.29, 1.82) is 0 Å². The molecule has 3 aromatic carbocycles. The smallest absolute Gasteiger partial charge is 0.256 e. The van der Waals surface area contributed by atoms with Gasteiger partial charge in [-0.25, -0.2) is 0 Å². The molecule has 0 bridgehead atoms. The Morgan fingerprint density at radius 3 is 2.04 bits per heavy atom. The van der Waals surface area contributed by atoms with Crippen LogP contribution < -0.4 is 5.32 Å². The van der Waals surface area contributed by atoms with E-state index in [1.807, 2.05) is 78.9 Å². The van der Waals surface area contributed by atoms with E-state index >= 15 is 0 Å². The number of hydrogen-bond donors (Lipinski definition) is 1. The van der Waals surface area contributed by atoms with Gasteiger partial charge in [-0.3, -0.25) is 4.79 Å². The van der Waals surface area contributed by atoms with Gasteiger partial charge in [0, 0.05) is 5.57 Å². The van der Waals surface area contributed by atoms with Crippen LogP contribution in [0.25, 0.3) is 11.6 Å². The maximum absolute atomic E-state index is 12.8. The number of amides is 1. The van der Waals surface area contributed by atoms with Crippen molar-refractivity contribution < 1.29 is 4.79 Å². The predicted molar refractivity (Wildman–Crippen MR) is 101 cm³/mol. The average Bonchev–Trinajstić information content (AvgIpc) is 2.63. The molecule has 0 saturated heterocycles. The number of para-hydroxylation sites is 1. The van der Waals surface area contributed by atoms with E-state index in [0.29, 0.717) is 16.3 Å². The summed E-state index contributed by atoms with van der Waals surface area (Å²) in [6.45, 7) is 0. The van der Waals surface area contributed by atoms with Gasteiger partial charge in [-0.15, -0.1) is 0 Å². The fraction of sp³-hybridized carbons (Fsp3) is 0. The zero-order valence-electron chi connectivity index (χ0n) is 12.9. The SMILES string of the molecule is O=C(Nc1ccccc1Cl)/C(=C/c1ccccc1)c1ccccc1. The first-order valence-electron chi connectivity index (χ1n) is 7.62. The number of rotatable bonds is 4. The maximum atomic E-state index is 12.8. The highest BCUT2D eigenvalue weighted by Gasteiger charge is 2.13. The highest BCUT2D eigenvalue weighted by atomic mass is 35.5. The lowest BCUT2D eigenvalue weighted by molar-refractivity contribution is -0.111. The van der Waals surface area contributed by atoms with Crippen LogP contribution in [-0.4, -0.2) is 5.91 Å². The molecule has 3 aromatic rings. The van der Waals surface area contributed by atoms with E-state index in [2.05, 4.69) is 5.32 Å². The first-order chi connectivity index (χ1) is 11.7. The van der Waals surface area contributed by atoms with Gasteiger partial charge in [0.2, 0.25) is 0 Å². The first kappa shape index (κ1) is 16.0. The maximum Gasteiger partial charge on any atom is 0.256 e. The summed E-state index contributed by atoms with van der Waals surface area (Å²) in [5, 5.41) is 3.40. The van der Waals surface area contributed by atoms with Crippen molar-refractivity contribution in [2.45, 2.75) is 0 Å². The molecule has 3 heteroatoms. The first-order valence-corrected chi connectivity index (χ1v) is 8.00. The van der Waals surface area contributed by atoms with Crippen molar-refractivity contribution in [2.75, 3.05) is 5.32 Å². The number of carbonyl (C=O) groups excluding carboxylic acids is 1. The minimum atomic E-state index is -0.196. The highest BCUT2D eigenvalue weighted by Crippen LogP contribution is 2.24. The van der Waals surface area contributed by atoms with E-state index in [-0.39, 0.29) is 5.91 Å². The molecule has 3 rings (SSSR count). The lowest BCUT2D eigenvalue weighted by atomic mass is 10.0. The molecule has 0 aliphatic heterocycles. The lowest BCUT2D eigenvalue weighted by Crippen LogP contribution is -2.14. The Morgan fingerprint density at radius 2 is 1.38 bits per heavy atom. The number of benzene rings is 3. The largest absolute Gasteiger partial charge is 0.321 e. The van der Waals surface area contributed by atoms with E-state index in [0.717, 1.165) is 11.1 Å². The Kier molecular flexibility index (Phi) is 5.09. The second kappa shape index (κ2) is 7.62. The van der Waals surface area contributed by atoms with Crippen LogP contribution in [0.2, 0.25) is 5.02 Å². The molecule has 0 spiro atoms. The quantitative estimate of drug-likeness (QED) is 0.494. The van der Waals surface area contributed by atoms with Crippen molar-refractivity contribution in [1.82, 2.24) is 0 Å². The Bertz CT molecular complexity index is 857. The van der Waals surface area contributed by atoms with Crippen LogP contribution in [0.5, 0.6) is 0 Å². The molecule has 1 amide bonds. The molecule has 0 aromatic heterocycles. The molecule has 0 unspecified atom stereocenters. The van der Waals surface area contributed by atoms with Crippen LogP contribution in [0.1, 0.15) is 11.1 Å². The van der Waals surface area contributed by atoms with Gasteiger partial charge >= 0.3 is 0 Å². The molecule has 118 valence electrons. The molecule has 0 aliphatic carbocycles. The third-order valence-corrected chi connectivity index (χ3v) is 3.89. The van der Waals surface area contributed by atoms with Gasteiger partial charge in [-0.1, -0.05) is 84.4 Å².